The van der Waals surface area contributed by atoms with Gasteiger partial charge < -0.3 is 0 Å². The van der Waals surface area contributed by atoms with Crippen LogP contribution in [-0.4, -0.2) is 98.9 Å². The standard InChI is InChI=1S/C6H9N6O6.9C4H9.3Sn/c13-10(14)7-4-1-5(8-11(15)16)3-6(2-4)9-12(17)18;9*1-3-4-2;;;/h4-6H,1-3H2;9*1,3-4H2,2H3;;;/q-3;;;;;;;;;;3*+1. The third-order valence-electron chi connectivity index (χ3n) is 13.6. The van der Waals surface area contributed by atoms with E-state index in [9.17, 15) is 30.3 Å². The van der Waals surface area contributed by atoms with Crippen LogP contribution < -0.4 is 0 Å². The molecule has 1 aliphatic rings. The van der Waals surface area contributed by atoms with Crippen LogP contribution in [0.15, 0.2) is 0 Å². The second-order valence-corrected chi connectivity index (χ2v) is 55.8. The van der Waals surface area contributed by atoms with Gasteiger partial charge in [0.25, 0.3) is 0 Å². The van der Waals surface area contributed by atoms with Crippen LogP contribution in [0.1, 0.15) is 197 Å². The van der Waals surface area contributed by atoms with Gasteiger partial charge in [0.1, 0.15) is 0 Å². The van der Waals surface area contributed by atoms with Crippen LogP contribution in [0.4, 0.5) is 0 Å². The Labute approximate surface area is 363 Å². The summed E-state index contributed by atoms with van der Waals surface area (Å²) in [6.45, 7) is 19.6. The first-order valence-electron chi connectivity index (χ1n) is 24.1. The first-order valence-corrected chi connectivity index (χ1v) is 46.1. The molecule has 0 radical (unpaired) electrons. The minimum absolute atomic E-state index is 0.0578. The molecule has 57 heavy (non-hydrogen) atoms. The van der Waals surface area contributed by atoms with Crippen LogP contribution in [-0.2, 0) is 0 Å². The van der Waals surface area contributed by atoms with E-state index < -0.39 is 74.1 Å². The Bertz CT molecular complexity index is 922. The second-order valence-electron chi connectivity index (χ2n) is 18.0. The summed E-state index contributed by atoms with van der Waals surface area (Å²) in [4.78, 5) is 41.7. The molecule has 1 saturated carbocycles. The maximum atomic E-state index is 13.9. The van der Waals surface area contributed by atoms with Crippen molar-refractivity contribution in [2.75, 3.05) is 0 Å². The van der Waals surface area contributed by atoms with Gasteiger partial charge in [-0.25, -0.2) is 0 Å². The van der Waals surface area contributed by atoms with E-state index in [0.29, 0.717) is 19.3 Å². The monoisotopic (exact) mass is 1130 g/mol. The third kappa shape index (κ3) is 16.7. The predicted octanol–water partition coefficient (Wildman–Crippen LogP) is 13.8. The van der Waals surface area contributed by atoms with Crippen molar-refractivity contribution >= 4 is 56.0 Å². The number of hydrogen-bond acceptors (Lipinski definition) is 6. The van der Waals surface area contributed by atoms with E-state index in [0.717, 1.165) is 156 Å². The van der Waals surface area contributed by atoms with Crippen LogP contribution in [0, 0.1) is 30.3 Å². The fourth-order valence-electron chi connectivity index (χ4n) is 10.6. The molecule has 0 saturated heterocycles. The number of unbranched alkanes of at least 4 members (excludes halogenated alkanes) is 9. The molecule has 0 atom stereocenters. The molecule has 0 aromatic carbocycles. The molecule has 0 N–H and O–H groups in total. The van der Waals surface area contributed by atoms with Crippen molar-refractivity contribution in [3.63, 3.8) is 0 Å². The van der Waals surface area contributed by atoms with Gasteiger partial charge in [-0.3, -0.25) is 0 Å². The van der Waals surface area contributed by atoms with Gasteiger partial charge in [-0.2, -0.15) is 0 Å². The fourth-order valence-corrected chi connectivity index (χ4v) is 60.3. The van der Waals surface area contributed by atoms with Gasteiger partial charge in [-0.1, -0.05) is 0 Å². The van der Waals surface area contributed by atoms with Gasteiger partial charge in [0, 0.05) is 0 Å². The number of hydrogen-bond donors (Lipinski definition) is 0. The van der Waals surface area contributed by atoms with E-state index in [2.05, 4.69) is 62.3 Å². The van der Waals surface area contributed by atoms with Gasteiger partial charge in [-0.05, 0) is 0 Å². The van der Waals surface area contributed by atoms with E-state index in [1.807, 2.05) is 9.69 Å². The molecule has 12 nitrogen and oxygen atoms in total. The van der Waals surface area contributed by atoms with Crippen LogP contribution in [0.25, 0.3) is 0 Å². The molecule has 15 heteroatoms. The van der Waals surface area contributed by atoms with Crippen LogP contribution in [0.5, 0.6) is 0 Å². The third-order valence-corrected chi connectivity index (χ3v) is 59.5. The summed E-state index contributed by atoms with van der Waals surface area (Å²) in [7, 11) is 0. The Balaban J connectivity index is 4.39. The maximum absolute atomic E-state index is 13.9. The quantitative estimate of drug-likeness (QED) is 0.0341. The van der Waals surface area contributed by atoms with Crippen LogP contribution in [0.2, 0.25) is 39.9 Å². The Morgan fingerprint density at radius 3 is 0.596 bits per heavy atom. The molecule has 0 spiro atoms. The van der Waals surface area contributed by atoms with E-state index in [1.165, 1.54) is 0 Å². The van der Waals surface area contributed by atoms with Crippen molar-refractivity contribution in [2.45, 2.75) is 255 Å². The van der Waals surface area contributed by atoms with E-state index in [4.69, 9.17) is 0 Å². The molecule has 0 heterocycles. The topological polar surface area (TPSA) is 139 Å². The molecule has 0 aliphatic heterocycles. The molecule has 0 aromatic heterocycles. The van der Waals surface area contributed by atoms with Crippen molar-refractivity contribution < 1.29 is 15.1 Å². The average Bonchev–Trinajstić information content (AvgIpc) is 3.18. The van der Waals surface area contributed by atoms with Gasteiger partial charge in [0.15, 0.2) is 0 Å². The summed E-state index contributed by atoms with van der Waals surface area (Å²) in [5, 5.41) is 41.6. The van der Waals surface area contributed by atoms with Crippen molar-refractivity contribution in [3.05, 3.63) is 30.3 Å². The SMILES string of the molecule is CCC[CH2][Sn]([CH2]CCC)([CH2]CCC)[N](C1CC([N]([N+](=O)[O-])[Sn]([CH2]CCC)([CH2]CCC)[CH2]CCC)CC([N]([N+](=O)[O-])[Sn]([CH2]CCC)([CH2]CCC)[CH2]CCC)C1)[N+](=O)[O-]. The minimum atomic E-state index is -3.80. The molecule has 0 bridgehead atoms. The van der Waals surface area contributed by atoms with Crippen molar-refractivity contribution in [2.24, 2.45) is 0 Å². The molecule has 1 aliphatic carbocycles. The summed E-state index contributed by atoms with van der Waals surface area (Å²) >= 11 is -11.4. The van der Waals surface area contributed by atoms with Gasteiger partial charge >= 0.3 is 366 Å². The normalized spacial score (nSPS) is 17.7. The Morgan fingerprint density at radius 2 is 0.491 bits per heavy atom. The molecule has 1 fully saturated rings. The zero-order chi connectivity index (χ0) is 42.9. The molecule has 0 unspecified atom stereocenters. The zero-order valence-electron chi connectivity index (χ0n) is 38.6. The molecule has 0 aromatic rings. The summed E-state index contributed by atoms with van der Waals surface area (Å²) in [6, 6.07) is -1.56. The van der Waals surface area contributed by atoms with Crippen molar-refractivity contribution in [3.8, 4) is 0 Å². The van der Waals surface area contributed by atoms with Crippen molar-refractivity contribution in [1.82, 2.24) is 9.69 Å². The molecule has 336 valence electrons. The summed E-state index contributed by atoms with van der Waals surface area (Å²) in [6.07, 6.45) is 18.7. The van der Waals surface area contributed by atoms with Crippen molar-refractivity contribution in [1.29, 1.82) is 0 Å². The summed E-state index contributed by atoms with van der Waals surface area (Å²) < 4.78 is 13.6. The molecular formula is C42H90N6O6Sn3. The van der Waals surface area contributed by atoms with Crippen LogP contribution in [0.3, 0.4) is 0 Å². The predicted molar refractivity (Wildman–Crippen MR) is 246 cm³/mol. The Kier molecular flexibility index (Phi) is 29.1. The number of hydrazine groups is 3. The van der Waals surface area contributed by atoms with Gasteiger partial charge in [0.2, 0.25) is 0 Å². The van der Waals surface area contributed by atoms with Gasteiger partial charge in [-0.15, -0.1) is 0 Å². The Morgan fingerprint density at radius 1 is 0.351 bits per heavy atom. The number of nitrogens with zero attached hydrogens (tertiary/aromatic N) is 6. The first-order chi connectivity index (χ1) is 27.3. The summed E-state index contributed by atoms with van der Waals surface area (Å²) in [5.74, 6) is 0. The zero-order valence-corrected chi connectivity index (χ0v) is 47.1. The van der Waals surface area contributed by atoms with E-state index >= 15 is 0 Å². The molecular weight excluding hydrogens is 1040 g/mol. The fraction of sp³-hybridized carbons (Fsp3) is 1.00. The Hall–Kier alpha value is -0.00390. The number of rotatable bonds is 36. The molecule has 0 amide bonds. The second kappa shape index (κ2) is 30.1. The van der Waals surface area contributed by atoms with E-state index in [-0.39, 0.29) is 15.1 Å². The average molecular weight is 1130 g/mol. The molecule has 1 rings (SSSR count). The summed E-state index contributed by atoms with van der Waals surface area (Å²) in [5.41, 5.74) is 0. The van der Waals surface area contributed by atoms with E-state index in [1.54, 1.807) is 0 Å². The van der Waals surface area contributed by atoms with Gasteiger partial charge in [0.05, 0.1) is 0 Å². The first kappa shape index (κ1) is 55.0. The van der Waals surface area contributed by atoms with Crippen LogP contribution >= 0.6 is 0 Å². The number of nitro groups is 3.